The molecule has 0 aliphatic rings. The third kappa shape index (κ3) is 2.12. The molecule has 0 bridgehead atoms. The first kappa shape index (κ1) is 13.3. The Labute approximate surface area is 112 Å². The van der Waals surface area contributed by atoms with Gasteiger partial charge in [-0.25, -0.2) is 0 Å². The second-order valence-corrected chi connectivity index (χ2v) is 4.74. The summed E-state index contributed by atoms with van der Waals surface area (Å²) in [5.41, 5.74) is 3.49. The summed E-state index contributed by atoms with van der Waals surface area (Å²) in [6.07, 6.45) is 0. The van der Waals surface area contributed by atoms with Gasteiger partial charge in [0.05, 0.1) is 5.69 Å². The van der Waals surface area contributed by atoms with E-state index in [0.29, 0.717) is 16.8 Å². The van der Waals surface area contributed by atoms with Gasteiger partial charge in [-0.15, -0.1) is 0 Å². The van der Waals surface area contributed by atoms with E-state index in [9.17, 15) is 9.59 Å². The average molecular weight is 255 g/mol. The van der Waals surface area contributed by atoms with Crippen LogP contribution in [0.15, 0.2) is 30.3 Å². The molecule has 0 aliphatic carbocycles. The lowest BCUT2D eigenvalue weighted by Gasteiger charge is -2.02. The third-order valence-corrected chi connectivity index (χ3v) is 3.53. The van der Waals surface area contributed by atoms with Crippen LogP contribution in [-0.2, 0) is 7.05 Å². The van der Waals surface area contributed by atoms with Crippen LogP contribution in [0, 0.1) is 13.8 Å². The SMILES string of the molecule is CC(=O)c1c(C)c(C(=O)c2ccccc2)c(C)n1C. The molecule has 3 nitrogen and oxygen atoms in total. The van der Waals surface area contributed by atoms with Gasteiger partial charge >= 0.3 is 0 Å². The van der Waals surface area contributed by atoms with Crippen LogP contribution in [-0.4, -0.2) is 16.1 Å². The molecule has 19 heavy (non-hydrogen) atoms. The molecular weight excluding hydrogens is 238 g/mol. The number of nitrogens with zero attached hydrogens (tertiary/aromatic N) is 1. The van der Waals surface area contributed by atoms with E-state index in [1.165, 1.54) is 6.92 Å². The largest absolute Gasteiger partial charge is 0.345 e. The summed E-state index contributed by atoms with van der Waals surface area (Å²) in [7, 11) is 1.82. The van der Waals surface area contributed by atoms with Crippen molar-refractivity contribution in [2.24, 2.45) is 7.05 Å². The summed E-state index contributed by atoms with van der Waals surface area (Å²) in [4.78, 5) is 24.2. The number of benzene rings is 1. The highest BCUT2D eigenvalue weighted by Crippen LogP contribution is 2.24. The van der Waals surface area contributed by atoms with Crippen LogP contribution in [0.2, 0.25) is 0 Å². The molecule has 0 spiro atoms. The molecule has 0 aliphatic heterocycles. The Bertz CT molecular complexity index is 651. The van der Waals surface area contributed by atoms with Gasteiger partial charge in [-0.05, 0) is 19.4 Å². The van der Waals surface area contributed by atoms with Crippen molar-refractivity contribution in [3.8, 4) is 0 Å². The molecule has 0 atom stereocenters. The van der Waals surface area contributed by atoms with Gasteiger partial charge in [0.2, 0.25) is 0 Å². The first-order valence-corrected chi connectivity index (χ1v) is 6.21. The quantitative estimate of drug-likeness (QED) is 0.791. The van der Waals surface area contributed by atoms with E-state index in [2.05, 4.69) is 0 Å². The van der Waals surface area contributed by atoms with Crippen LogP contribution < -0.4 is 0 Å². The Morgan fingerprint density at radius 2 is 1.63 bits per heavy atom. The minimum absolute atomic E-state index is 0.0183. The van der Waals surface area contributed by atoms with Gasteiger partial charge in [-0.2, -0.15) is 0 Å². The summed E-state index contributed by atoms with van der Waals surface area (Å²) >= 11 is 0. The summed E-state index contributed by atoms with van der Waals surface area (Å²) in [6.45, 7) is 5.23. The molecule has 0 N–H and O–H groups in total. The molecule has 0 amide bonds. The third-order valence-electron chi connectivity index (χ3n) is 3.53. The predicted octanol–water partition coefficient (Wildman–Crippen LogP) is 3.08. The number of aromatic nitrogens is 1. The van der Waals surface area contributed by atoms with Crippen molar-refractivity contribution in [3.63, 3.8) is 0 Å². The minimum Gasteiger partial charge on any atom is -0.345 e. The Kier molecular flexibility index (Phi) is 3.38. The van der Waals surface area contributed by atoms with E-state index in [4.69, 9.17) is 0 Å². The second kappa shape index (κ2) is 4.84. The summed E-state index contributed by atoms with van der Waals surface area (Å²) in [5, 5.41) is 0. The van der Waals surface area contributed by atoms with Gasteiger partial charge in [-0.1, -0.05) is 30.3 Å². The number of rotatable bonds is 3. The number of Topliss-reactive ketones (excluding diaryl/α,β-unsaturated/α-hetero) is 1. The molecule has 2 aromatic rings. The molecule has 0 saturated heterocycles. The van der Waals surface area contributed by atoms with Crippen molar-refractivity contribution in [2.75, 3.05) is 0 Å². The Morgan fingerprint density at radius 1 is 1.05 bits per heavy atom. The van der Waals surface area contributed by atoms with Gasteiger partial charge in [0.15, 0.2) is 11.6 Å². The first-order valence-electron chi connectivity index (χ1n) is 6.21. The smallest absolute Gasteiger partial charge is 0.195 e. The van der Waals surface area contributed by atoms with Crippen molar-refractivity contribution in [3.05, 3.63) is 58.4 Å². The Hall–Kier alpha value is -2.16. The van der Waals surface area contributed by atoms with E-state index in [-0.39, 0.29) is 11.6 Å². The fraction of sp³-hybridized carbons (Fsp3) is 0.250. The van der Waals surface area contributed by atoms with E-state index in [1.54, 1.807) is 16.7 Å². The zero-order valence-electron chi connectivity index (χ0n) is 11.7. The maximum absolute atomic E-state index is 12.6. The molecule has 1 aromatic heterocycles. The van der Waals surface area contributed by atoms with E-state index in [0.717, 1.165) is 11.3 Å². The van der Waals surface area contributed by atoms with Gasteiger partial charge in [0.25, 0.3) is 0 Å². The zero-order chi connectivity index (χ0) is 14.2. The van der Waals surface area contributed by atoms with Gasteiger partial charge in [0, 0.05) is 30.8 Å². The van der Waals surface area contributed by atoms with Crippen molar-refractivity contribution >= 4 is 11.6 Å². The molecule has 0 fully saturated rings. The van der Waals surface area contributed by atoms with Crippen molar-refractivity contribution in [1.29, 1.82) is 0 Å². The fourth-order valence-electron chi connectivity index (χ4n) is 2.55. The molecule has 3 heteroatoms. The summed E-state index contributed by atoms with van der Waals surface area (Å²) in [6, 6.07) is 9.14. The highest BCUT2D eigenvalue weighted by Gasteiger charge is 2.23. The molecule has 1 heterocycles. The molecule has 0 saturated carbocycles. The fourth-order valence-corrected chi connectivity index (χ4v) is 2.55. The number of hydrogen-bond donors (Lipinski definition) is 0. The highest BCUT2D eigenvalue weighted by atomic mass is 16.1. The van der Waals surface area contributed by atoms with Crippen LogP contribution in [0.25, 0.3) is 0 Å². The van der Waals surface area contributed by atoms with Crippen LogP contribution in [0.5, 0.6) is 0 Å². The number of carbonyl (C=O) groups excluding carboxylic acids is 2. The monoisotopic (exact) mass is 255 g/mol. The molecule has 2 rings (SSSR count). The minimum atomic E-state index is -0.0290. The summed E-state index contributed by atoms with van der Waals surface area (Å²) in [5.74, 6) is -0.0473. The first-order chi connectivity index (χ1) is 8.95. The maximum atomic E-state index is 12.6. The van der Waals surface area contributed by atoms with Gasteiger partial charge < -0.3 is 4.57 Å². The van der Waals surface area contributed by atoms with Crippen LogP contribution in [0.3, 0.4) is 0 Å². The lowest BCUT2D eigenvalue weighted by Crippen LogP contribution is -2.04. The highest BCUT2D eigenvalue weighted by molar-refractivity contribution is 6.12. The topological polar surface area (TPSA) is 39.1 Å². The molecular formula is C16H17NO2. The normalized spacial score (nSPS) is 10.5. The Balaban J connectivity index is 2.62. The molecule has 1 aromatic carbocycles. The van der Waals surface area contributed by atoms with E-state index >= 15 is 0 Å². The van der Waals surface area contributed by atoms with Gasteiger partial charge in [0.1, 0.15) is 0 Å². The van der Waals surface area contributed by atoms with Crippen LogP contribution >= 0.6 is 0 Å². The van der Waals surface area contributed by atoms with Crippen molar-refractivity contribution in [2.45, 2.75) is 20.8 Å². The lowest BCUT2D eigenvalue weighted by atomic mass is 9.99. The number of ketones is 2. The van der Waals surface area contributed by atoms with Crippen molar-refractivity contribution in [1.82, 2.24) is 4.57 Å². The summed E-state index contributed by atoms with van der Waals surface area (Å²) < 4.78 is 1.80. The standard InChI is InChI=1S/C16H17NO2/c1-10-14(11(2)17(4)15(10)12(3)18)16(19)13-8-6-5-7-9-13/h5-9H,1-4H3. The van der Waals surface area contributed by atoms with E-state index in [1.807, 2.05) is 39.1 Å². The number of carbonyl (C=O) groups is 2. The Morgan fingerprint density at radius 3 is 2.11 bits per heavy atom. The molecule has 0 radical (unpaired) electrons. The molecule has 0 unspecified atom stereocenters. The zero-order valence-corrected chi connectivity index (χ0v) is 11.7. The number of hydrogen-bond acceptors (Lipinski definition) is 2. The lowest BCUT2D eigenvalue weighted by molar-refractivity contribution is 0.100. The predicted molar refractivity (Wildman–Crippen MR) is 74.8 cm³/mol. The van der Waals surface area contributed by atoms with Gasteiger partial charge in [-0.3, -0.25) is 9.59 Å². The maximum Gasteiger partial charge on any atom is 0.195 e. The van der Waals surface area contributed by atoms with Crippen LogP contribution in [0.1, 0.15) is 44.6 Å². The van der Waals surface area contributed by atoms with E-state index < -0.39 is 0 Å². The second-order valence-electron chi connectivity index (χ2n) is 4.74. The molecule has 98 valence electrons. The van der Waals surface area contributed by atoms with Crippen LogP contribution in [0.4, 0.5) is 0 Å². The average Bonchev–Trinajstić information content (AvgIpc) is 2.60. The van der Waals surface area contributed by atoms with Crippen molar-refractivity contribution < 1.29 is 9.59 Å².